The van der Waals surface area contributed by atoms with Crippen LogP contribution in [0, 0.1) is 0 Å². The average molecular weight is 706 g/mol. The first kappa shape index (κ1) is 29.6. The molecule has 0 aliphatic heterocycles. The summed E-state index contributed by atoms with van der Waals surface area (Å²) in [6.07, 6.45) is 0. The summed E-state index contributed by atoms with van der Waals surface area (Å²) >= 11 is 1.85. The molecule has 0 amide bonds. The minimum Gasteiger partial charge on any atom is -0.456 e. The lowest BCUT2D eigenvalue weighted by molar-refractivity contribution is 0.669. The summed E-state index contributed by atoms with van der Waals surface area (Å²) in [6, 6.07) is 57.8. The Balaban J connectivity index is 1.24. The molecule has 0 radical (unpaired) electrons. The summed E-state index contributed by atoms with van der Waals surface area (Å²) in [5.41, 5.74) is 4.48. The first-order chi connectivity index (χ1) is 26.7. The zero-order valence-electron chi connectivity index (χ0n) is 28.7. The van der Waals surface area contributed by atoms with Gasteiger partial charge in [-0.3, -0.25) is 0 Å². The van der Waals surface area contributed by atoms with E-state index in [0.29, 0.717) is 17.5 Å². The summed E-state index contributed by atoms with van der Waals surface area (Å²) in [5, 5.41) is 14.1. The average Bonchev–Trinajstić information content (AvgIpc) is 3.82. The highest BCUT2D eigenvalue weighted by atomic mass is 32.1. The van der Waals surface area contributed by atoms with Crippen LogP contribution in [-0.2, 0) is 0 Å². The molecule has 0 bridgehead atoms. The molecule has 0 unspecified atom stereocenters. The Morgan fingerprint density at radius 2 is 0.981 bits per heavy atom. The fourth-order valence-electron chi connectivity index (χ4n) is 8.40. The number of rotatable bonds is 3. The monoisotopic (exact) mass is 705 g/mol. The van der Waals surface area contributed by atoms with Crippen molar-refractivity contribution in [2.24, 2.45) is 0 Å². The summed E-state index contributed by atoms with van der Waals surface area (Å²) in [7, 11) is 0. The Hall–Kier alpha value is -6.95. The SMILES string of the molecule is c1ccc2cc(-c3nc(-c4cccc5oc6ccccc6c45)nc(-c4cc5ccc6ccccc6c5c5sc6ccc7ccccc7c6c45)n3)ccc2c1. The summed E-state index contributed by atoms with van der Waals surface area (Å²) < 4.78 is 8.82. The molecule has 3 aromatic heterocycles. The van der Waals surface area contributed by atoms with Gasteiger partial charge in [0.05, 0.1) is 0 Å². The van der Waals surface area contributed by atoms with Gasteiger partial charge in [-0.05, 0) is 68.0 Å². The molecule has 0 aliphatic carbocycles. The zero-order valence-corrected chi connectivity index (χ0v) is 29.6. The minimum absolute atomic E-state index is 0.608. The third kappa shape index (κ3) is 4.33. The van der Waals surface area contributed by atoms with Gasteiger partial charge in [0.15, 0.2) is 17.5 Å². The maximum Gasteiger partial charge on any atom is 0.164 e. The van der Waals surface area contributed by atoms with Crippen LogP contribution in [0.25, 0.3) is 119 Å². The Kier molecular flexibility index (Phi) is 6.18. The van der Waals surface area contributed by atoms with E-state index in [1.165, 1.54) is 52.5 Å². The number of furan rings is 1. The highest BCUT2D eigenvalue weighted by Crippen LogP contribution is 2.48. The number of nitrogens with zero attached hydrogens (tertiary/aromatic N) is 3. The van der Waals surface area contributed by atoms with Crippen LogP contribution in [0.3, 0.4) is 0 Å². The zero-order chi connectivity index (χ0) is 35.3. The smallest absolute Gasteiger partial charge is 0.164 e. The summed E-state index contributed by atoms with van der Waals surface area (Å²) in [4.78, 5) is 16.1. The van der Waals surface area contributed by atoms with Gasteiger partial charge in [0.1, 0.15) is 11.2 Å². The predicted octanol–water partition coefficient (Wildman–Crippen LogP) is 13.8. The Morgan fingerprint density at radius 3 is 1.81 bits per heavy atom. The molecule has 0 atom stereocenters. The molecule has 3 heterocycles. The number of benzene rings is 9. The second kappa shape index (κ2) is 11.3. The highest BCUT2D eigenvalue weighted by molar-refractivity contribution is 7.27. The molecule has 0 spiro atoms. The van der Waals surface area contributed by atoms with Crippen LogP contribution in [0.2, 0.25) is 0 Å². The van der Waals surface area contributed by atoms with E-state index in [-0.39, 0.29) is 0 Å². The normalized spacial score (nSPS) is 12.1. The molecular weight excluding hydrogens is 679 g/mol. The van der Waals surface area contributed by atoms with E-state index in [2.05, 4.69) is 140 Å². The molecule has 0 N–H and O–H groups in total. The number of para-hydroxylation sites is 1. The van der Waals surface area contributed by atoms with E-state index in [4.69, 9.17) is 19.4 Å². The molecule has 12 rings (SSSR count). The third-order valence-corrected chi connectivity index (χ3v) is 12.0. The second-order valence-electron chi connectivity index (χ2n) is 13.9. The van der Waals surface area contributed by atoms with Gasteiger partial charge in [-0.1, -0.05) is 133 Å². The standard InChI is InChI=1S/C49H27N3OS/c1-2-13-31-26-33(23-20-28(31)10-1)47-50-48(37-17-9-19-40-43(37)36-16-7-8-18-39(36)53-40)52-49(51-47)38-27-32-22-21-29-11-3-5-14-34(29)42(32)46-45(38)44-35-15-6-4-12-30(35)24-25-41(44)54-46/h1-27H. The number of aromatic nitrogens is 3. The van der Waals surface area contributed by atoms with Gasteiger partial charge in [-0.25, -0.2) is 15.0 Å². The van der Waals surface area contributed by atoms with Crippen LogP contribution in [-0.4, -0.2) is 15.0 Å². The molecule has 0 saturated carbocycles. The van der Waals surface area contributed by atoms with Crippen molar-refractivity contribution in [1.29, 1.82) is 0 Å². The van der Waals surface area contributed by atoms with Crippen molar-refractivity contribution in [3.05, 3.63) is 164 Å². The molecule has 250 valence electrons. The second-order valence-corrected chi connectivity index (χ2v) is 15.0. The molecular formula is C49H27N3OS. The summed E-state index contributed by atoms with van der Waals surface area (Å²) in [6.45, 7) is 0. The van der Waals surface area contributed by atoms with Gasteiger partial charge < -0.3 is 4.42 Å². The summed E-state index contributed by atoms with van der Waals surface area (Å²) in [5.74, 6) is 1.87. The topological polar surface area (TPSA) is 51.8 Å². The van der Waals surface area contributed by atoms with Crippen molar-refractivity contribution >= 4 is 96.5 Å². The molecule has 9 aromatic carbocycles. The Morgan fingerprint density at radius 1 is 0.370 bits per heavy atom. The number of fused-ring (bicyclic) bond motifs is 13. The fourth-order valence-corrected chi connectivity index (χ4v) is 9.72. The number of hydrogen-bond donors (Lipinski definition) is 0. The molecule has 5 heteroatoms. The molecule has 4 nitrogen and oxygen atoms in total. The van der Waals surface area contributed by atoms with Crippen molar-refractivity contribution < 1.29 is 4.42 Å². The minimum atomic E-state index is 0.608. The third-order valence-electron chi connectivity index (χ3n) is 10.9. The first-order valence-electron chi connectivity index (χ1n) is 18.1. The quantitative estimate of drug-likeness (QED) is 0.172. The fraction of sp³-hybridized carbons (Fsp3) is 0. The lowest BCUT2D eigenvalue weighted by atomic mass is 9.94. The van der Waals surface area contributed by atoms with Crippen molar-refractivity contribution in [2.45, 2.75) is 0 Å². The molecule has 0 fully saturated rings. The van der Waals surface area contributed by atoms with Gasteiger partial charge in [-0.15, -0.1) is 11.3 Å². The van der Waals surface area contributed by atoms with Crippen molar-refractivity contribution in [3.8, 4) is 34.2 Å². The van der Waals surface area contributed by atoms with Gasteiger partial charge >= 0.3 is 0 Å². The molecule has 0 saturated heterocycles. The van der Waals surface area contributed by atoms with Gasteiger partial charge in [-0.2, -0.15) is 0 Å². The number of thiophene rings is 1. The van der Waals surface area contributed by atoms with Crippen LogP contribution in [0.1, 0.15) is 0 Å². The van der Waals surface area contributed by atoms with Crippen molar-refractivity contribution in [3.63, 3.8) is 0 Å². The predicted molar refractivity (Wildman–Crippen MR) is 226 cm³/mol. The van der Waals surface area contributed by atoms with E-state index >= 15 is 0 Å². The van der Waals surface area contributed by atoms with Crippen LogP contribution < -0.4 is 0 Å². The van der Waals surface area contributed by atoms with Gasteiger partial charge in [0.2, 0.25) is 0 Å². The van der Waals surface area contributed by atoms with E-state index < -0.39 is 0 Å². The van der Waals surface area contributed by atoms with Gasteiger partial charge in [0, 0.05) is 53.0 Å². The molecule has 12 aromatic rings. The lowest BCUT2D eigenvalue weighted by Gasteiger charge is -2.13. The Bertz CT molecular complexity index is 3520. The Labute approximate surface area is 312 Å². The van der Waals surface area contributed by atoms with E-state index in [1.807, 2.05) is 35.6 Å². The van der Waals surface area contributed by atoms with Gasteiger partial charge in [0.25, 0.3) is 0 Å². The molecule has 54 heavy (non-hydrogen) atoms. The van der Waals surface area contributed by atoms with E-state index in [1.54, 1.807) is 0 Å². The highest BCUT2D eigenvalue weighted by Gasteiger charge is 2.23. The lowest BCUT2D eigenvalue weighted by Crippen LogP contribution is -2.01. The largest absolute Gasteiger partial charge is 0.456 e. The number of hydrogen-bond acceptors (Lipinski definition) is 5. The first-order valence-corrected chi connectivity index (χ1v) is 18.9. The maximum absolute atomic E-state index is 6.34. The van der Waals surface area contributed by atoms with Crippen LogP contribution >= 0.6 is 11.3 Å². The molecule has 0 aliphatic rings. The van der Waals surface area contributed by atoms with Crippen LogP contribution in [0.4, 0.5) is 0 Å². The van der Waals surface area contributed by atoms with E-state index in [0.717, 1.165) is 49.4 Å². The van der Waals surface area contributed by atoms with Crippen molar-refractivity contribution in [2.75, 3.05) is 0 Å². The van der Waals surface area contributed by atoms with Crippen molar-refractivity contribution in [1.82, 2.24) is 15.0 Å². The van der Waals surface area contributed by atoms with Crippen LogP contribution in [0.15, 0.2) is 168 Å². The van der Waals surface area contributed by atoms with E-state index in [9.17, 15) is 0 Å². The van der Waals surface area contributed by atoms with Crippen LogP contribution in [0.5, 0.6) is 0 Å². The maximum atomic E-state index is 6.34.